The highest BCUT2D eigenvalue weighted by molar-refractivity contribution is 7.92. The summed E-state index contributed by atoms with van der Waals surface area (Å²) in [5.41, 5.74) is 1.10. The Morgan fingerprint density at radius 1 is 1.33 bits per heavy atom. The van der Waals surface area contributed by atoms with Gasteiger partial charge in [0.2, 0.25) is 10.0 Å². The van der Waals surface area contributed by atoms with Crippen molar-refractivity contribution < 1.29 is 8.42 Å². The average Bonchev–Trinajstić information content (AvgIpc) is 2.33. The van der Waals surface area contributed by atoms with E-state index in [0.717, 1.165) is 0 Å². The molecule has 0 spiro atoms. The fraction of sp³-hybridized carbons (Fsp3) is 0.250. The highest BCUT2D eigenvalue weighted by Crippen LogP contribution is 2.28. The highest BCUT2D eigenvalue weighted by atomic mass is 35.5. The lowest BCUT2D eigenvalue weighted by molar-refractivity contribution is 0.600. The molecule has 6 heteroatoms. The second-order valence-electron chi connectivity index (χ2n) is 3.92. The molecule has 0 atom stereocenters. The number of pyridine rings is 1. The van der Waals surface area contributed by atoms with E-state index < -0.39 is 10.0 Å². The summed E-state index contributed by atoms with van der Waals surface area (Å²) >= 11 is 6.02. The molecule has 0 fully saturated rings. The van der Waals surface area contributed by atoms with E-state index >= 15 is 0 Å². The number of nitrogens with one attached hydrogen (secondary N) is 1. The number of fused-ring (bicyclic) bond motifs is 1. The SMILES string of the molecule is CCCS(=O)(=O)Nc1ccc(Cl)c2ncccc12. The minimum atomic E-state index is -3.31. The fourth-order valence-electron chi connectivity index (χ4n) is 1.71. The lowest BCUT2D eigenvalue weighted by Crippen LogP contribution is -2.16. The summed E-state index contributed by atoms with van der Waals surface area (Å²) in [4.78, 5) is 4.15. The van der Waals surface area contributed by atoms with Gasteiger partial charge in [-0.2, -0.15) is 0 Å². The van der Waals surface area contributed by atoms with Crippen LogP contribution in [-0.4, -0.2) is 19.2 Å². The predicted molar refractivity (Wildman–Crippen MR) is 74.5 cm³/mol. The van der Waals surface area contributed by atoms with Gasteiger partial charge in [0, 0.05) is 11.6 Å². The van der Waals surface area contributed by atoms with Crippen molar-refractivity contribution in [1.82, 2.24) is 4.98 Å². The number of nitrogens with zero attached hydrogens (tertiary/aromatic N) is 1. The Morgan fingerprint density at radius 3 is 2.83 bits per heavy atom. The molecule has 0 bridgehead atoms. The van der Waals surface area contributed by atoms with Gasteiger partial charge in [-0.25, -0.2) is 8.42 Å². The van der Waals surface area contributed by atoms with Crippen molar-refractivity contribution in [2.24, 2.45) is 0 Å². The van der Waals surface area contributed by atoms with E-state index in [4.69, 9.17) is 11.6 Å². The molecule has 96 valence electrons. The molecule has 0 aliphatic rings. The summed E-state index contributed by atoms with van der Waals surface area (Å²) in [6.45, 7) is 1.82. The van der Waals surface area contributed by atoms with Crippen molar-refractivity contribution in [1.29, 1.82) is 0 Å². The van der Waals surface area contributed by atoms with E-state index in [1.165, 1.54) is 0 Å². The molecule has 0 unspecified atom stereocenters. The van der Waals surface area contributed by atoms with Crippen LogP contribution in [0.15, 0.2) is 30.5 Å². The van der Waals surface area contributed by atoms with Crippen LogP contribution in [0.4, 0.5) is 5.69 Å². The number of benzene rings is 1. The number of hydrogen-bond donors (Lipinski definition) is 1. The molecule has 18 heavy (non-hydrogen) atoms. The Bertz CT molecular complexity index is 671. The summed E-state index contributed by atoms with van der Waals surface area (Å²) in [6.07, 6.45) is 2.19. The van der Waals surface area contributed by atoms with E-state index in [9.17, 15) is 8.42 Å². The molecule has 4 nitrogen and oxygen atoms in total. The molecule has 0 aliphatic carbocycles. The Balaban J connectivity index is 2.50. The number of halogens is 1. The van der Waals surface area contributed by atoms with Gasteiger partial charge in [-0.1, -0.05) is 18.5 Å². The molecule has 0 radical (unpaired) electrons. The average molecular weight is 285 g/mol. The van der Waals surface area contributed by atoms with Gasteiger partial charge in [0.15, 0.2) is 0 Å². The molecule has 2 rings (SSSR count). The van der Waals surface area contributed by atoms with Crippen LogP contribution in [0.2, 0.25) is 5.02 Å². The molecule has 0 saturated carbocycles. The maximum atomic E-state index is 11.8. The number of rotatable bonds is 4. The Labute approximate surface area is 111 Å². The molecule has 0 saturated heterocycles. The number of sulfonamides is 1. The van der Waals surface area contributed by atoms with Crippen LogP contribution in [0.5, 0.6) is 0 Å². The third-order valence-corrected chi connectivity index (χ3v) is 4.24. The van der Waals surface area contributed by atoms with E-state index in [0.29, 0.717) is 28.0 Å². The van der Waals surface area contributed by atoms with E-state index in [2.05, 4.69) is 9.71 Å². The van der Waals surface area contributed by atoms with Gasteiger partial charge in [-0.3, -0.25) is 9.71 Å². The second-order valence-corrected chi connectivity index (χ2v) is 6.16. The smallest absolute Gasteiger partial charge is 0.232 e. The number of aromatic nitrogens is 1. The van der Waals surface area contributed by atoms with Gasteiger partial charge in [-0.05, 0) is 30.7 Å². The van der Waals surface area contributed by atoms with Crippen LogP contribution in [-0.2, 0) is 10.0 Å². The molecular weight excluding hydrogens is 272 g/mol. The minimum Gasteiger partial charge on any atom is -0.283 e. The van der Waals surface area contributed by atoms with Gasteiger partial charge in [-0.15, -0.1) is 0 Å². The molecule has 0 aliphatic heterocycles. The maximum Gasteiger partial charge on any atom is 0.232 e. The summed E-state index contributed by atoms with van der Waals surface area (Å²) < 4.78 is 26.1. The molecule has 1 N–H and O–H groups in total. The standard InChI is InChI=1S/C12H13ClN2O2S/c1-2-8-18(16,17)15-11-6-5-10(13)12-9(11)4-3-7-14-12/h3-7,15H,2,8H2,1H3. The van der Waals surface area contributed by atoms with Gasteiger partial charge in [0.25, 0.3) is 0 Å². The first-order valence-electron chi connectivity index (χ1n) is 5.57. The molecular formula is C12H13ClN2O2S. The summed E-state index contributed by atoms with van der Waals surface area (Å²) in [6, 6.07) is 6.83. The van der Waals surface area contributed by atoms with Gasteiger partial charge in [0.05, 0.1) is 22.0 Å². The predicted octanol–water partition coefficient (Wildman–Crippen LogP) is 3.04. The van der Waals surface area contributed by atoms with E-state index in [1.807, 2.05) is 6.92 Å². The van der Waals surface area contributed by atoms with Crippen molar-refractivity contribution in [3.63, 3.8) is 0 Å². The first-order chi connectivity index (χ1) is 8.53. The third-order valence-electron chi connectivity index (χ3n) is 2.46. The first kappa shape index (κ1) is 13.1. The molecule has 1 aromatic heterocycles. The van der Waals surface area contributed by atoms with Crippen molar-refractivity contribution in [3.05, 3.63) is 35.5 Å². The van der Waals surface area contributed by atoms with Crippen molar-refractivity contribution >= 4 is 38.2 Å². The van der Waals surface area contributed by atoms with Crippen molar-refractivity contribution in [3.8, 4) is 0 Å². The zero-order valence-corrected chi connectivity index (χ0v) is 11.4. The van der Waals surface area contributed by atoms with E-state index in [-0.39, 0.29) is 5.75 Å². The van der Waals surface area contributed by atoms with Gasteiger partial charge < -0.3 is 0 Å². The van der Waals surface area contributed by atoms with Crippen LogP contribution in [0.1, 0.15) is 13.3 Å². The monoisotopic (exact) mass is 284 g/mol. The van der Waals surface area contributed by atoms with Crippen molar-refractivity contribution in [2.75, 3.05) is 10.5 Å². The Morgan fingerprint density at radius 2 is 2.11 bits per heavy atom. The molecule has 1 heterocycles. The van der Waals surface area contributed by atoms with Crippen molar-refractivity contribution in [2.45, 2.75) is 13.3 Å². The lowest BCUT2D eigenvalue weighted by atomic mass is 10.2. The second kappa shape index (κ2) is 5.12. The van der Waals surface area contributed by atoms with E-state index in [1.54, 1.807) is 30.5 Å². The number of anilines is 1. The van der Waals surface area contributed by atoms with Crippen LogP contribution in [0.25, 0.3) is 10.9 Å². The molecule has 1 aromatic carbocycles. The largest absolute Gasteiger partial charge is 0.283 e. The zero-order chi connectivity index (χ0) is 13.2. The van der Waals surface area contributed by atoms with Crippen LogP contribution >= 0.6 is 11.6 Å². The Kier molecular flexibility index (Phi) is 3.73. The summed E-state index contributed by atoms with van der Waals surface area (Å²) in [7, 11) is -3.31. The zero-order valence-electron chi connectivity index (χ0n) is 9.85. The van der Waals surface area contributed by atoms with Gasteiger partial charge >= 0.3 is 0 Å². The topological polar surface area (TPSA) is 59.1 Å². The first-order valence-corrected chi connectivity index (χ1v) is 7.60. The third kappa shape index (κ3) is 2.73. The Hall–Kier alpha value is -1.33. The number of hydrogen-bond acceptors (Lipinski definition) is 3. The highest BCUT2D eigenvalue weighted by Gasteiger charge is 2.12. The quantitative estimate of drug-likeness (QED) is 0.939. The fourth-order valence-corrected chi connectivity index (χ4v) is 3.08. The lowest BCUT2D eigenvalue weighted by Gasteiger charge is -2.10. The maximum absolute atomic E-state index is 11.8. The van der Waals surface area contributed by atoms with Crippen LogP contribution in [0.3, 0.4) is 0 Å². The normalized spacial score (nSPS) is 11.7. The van der Waals surface area contributed by atoms with Crippen LogP contribution in [0, 0.1) is 0 Å². The molecule has 0 amide bonds. The summed E-state index contributed by atoms with van der Waals surface area (Å²) in [5, 5.41) is 1.20. The minimum absolute atomic E-state index is 0.0946. The summed E-state index contributed by atoms with van der Waals surface area (Å²) in [5.74, 6) is 0.0946. The van der Waals surface area contributed by atoms with Crippen LogP contribution < -0.4 is 4.72 Å². The molecule has 2 aromatic rings. The van der Waals surface area contributed by atoms with Gasteiger partial charge in [0.1, 0.15) is 0 Å².